The zero-order chi connectivity index (χ0) is 22.0. The van der Waals surface area contributed by atoms with Crippen molar-refractivity contribution in [1.82, 2.24) is 5.32 Å². The third kappa shape index (κ3) is 5.94. The van der Waals surface area contributed by atoms with Gasteiger partial charge in [-0.1, -0.05) is 12.1 Å². The Hall–Kier alpha value is -2.10. The van der Waals surface area contributed by atoms with Gasteiger partial charge in [-0.2, -0.15) is 0 Å². The number of nitrogens with one attached hydrogen (secondary N) is 1. The van der Waals surface area contributed by atoms with E-state index < -0.39 is 33.1 Å². The predicted molar refractivity (Wildman–Crippen MR) is 102 cm³/mol. The minimum Gasteiger partial charge on any atom is -0.508 e. The second-order valence-corrected chi connectivity index (χ2v) is 10.4. The van der Waals surface area contributed by atoms with Gasteiger partial charge < -0.3 is 45.3 Å². The van der Waals surface area contributed by atoms with Crippen molar-refractivity contribution < 1.29 is 49.1 Å². The topological polar surface area (TPSA) is 208 Å². The first-order valence-electron chi connectivity index (χ1n) is 8.15. The Bertz CT molecular complexity index is 897. The highest BCUT2D eigenvalue weighted by atomic mass is 31.2. The fourth-order valence-corrected chi connectivity index (χ4v) is 5.13. The summed E-state index contributed by atoms with van der Waals surface area (Å²) in [5.41, 5.74) is 0.417. The highest BCUT2D eigenvalue weighted by Gasteiger charge is 2.43. The molecule has 9 N–H and O–H groups in total. The summed E-state index contributed by atoms with van der Waals surface area (Å²) in [6.07, 6.45) is 0. The zero-order valence-corrected chi connectivity index (χ0v) is 16.6. The van der Waals surface area contributed by atoms with Gasteiger partial charge in [-0.3, -0.25) is 9.13 Å². The molecule has 0 amide bonds. The average molecular weight is 449 g/mol. The Morgan fingerprint density at radius 2 is 1.14 bits per heavy atom. The SMILES string of the molecule is O=P(O)(O)C(CNCC(c1ccc(O)cc1O)c1ccc(O)cc1O)P(=O)(O)O. The number of rotatable bonds is 8. The Balaban J connectivity index is 2.36. The van der Waals surface area contributed by atoms with Crippen molar-refractivity contribution in [3.05, 3.63) is 47.5 Å². The van der Waals surface area contributed by atoms with Gasteiger partial charge in [-0.05, 0) is 12.1 Å². The molecule has 0 aliphatic carbocycles. The molecule has 13 heteroatoms. The molecule has 0 aliphatic heterocycles. The lowest BCUT2D eigenvalue weighted by Gasteiger charge is -2.24. The summed E-state index contributed by atoms with van der Waals surface area (Å²) in [6, 6.07) is 7.35. The normalized spacial score (nSPS) is 12.6. The molecule has 0 heterocycles. The van der Waals surface area contributed by atoms with E-state index in [1.807, 2.05) is 0 Å². The first-order chi connectivity index (χ1) is 13.3. The first-order valence-corrected chi connectivity index (χ1v) is 11.5. The summed E-state index contributed by atoms with van der Waals surface area (Å²) < 4.78 is 22.8. The Kier molecular flexibility index (Phi) is 6.97. The lowest BCUT2D eigenvalue weighted by molar-refractivity contribution is 0.335. The number of phenolic OH excluding ortho intramolecular Hbond substituents is 4. The van der Waals surface area contributed by atoms with Gasteiger partial charge >= 0.3 is 15.2 Å². The molecule has 0 aliphatic rings. The van der Waals surface area contributed by atoms with Gasteiger partial charge in [0.25, 0.3) is 0 Å². The minimum absolute atomic E-state index is 0.201. The van der Waals surface area contributed by atoms with Gasteiger partial charge in [0.05, 0.1) is 0 Å². The van der Waals surface area contributed by atoms with E-state index in [0.29, 0.717) is 0 Å². The quantitative estimate of drug-likeness (QED) is 0.259. The molecule has 0 fully saturated rings. The van der Waals surface area contributed by atoms with E-state index in [2.05, 4.69) is 5.32 Å². The van der Waals surface area contributed by atoms with Crippen LogP contribution in [0.25, 0.3) is 0 Å². The van der Waals surface area contributed by atoms with Crippen LogP contribution in [0.15, 0.2) is 36.4 Å². The van der Waals surface area contributed by atoms with E-state index in [0.717, 1.165) is 12.1 Å². The van der Waals surface area contributed by atoms with E-state index in [9.17, 15) is 49.1 Å². The largest absolute Gasteiger partial charge is 0.508 e. The fourth-order valence-electron chi connectivity index (χ4n) is 2.83. The lowest BCUT2D eigenvalue weighted by Crippen LogP contribution is -2.31. The molecule has 29 heavy (non-hydrogen) atoms. The molecule has 0 unspecified atom stereocenters. The maximum absolute atomic E-state index is 11.4. The van der Waals surface area contributed by atoms with Crippen molar-refractivity contribution in [3.8, 4) is 23.0 Å². The van der Waals surface area contributed by atoms with Gasteiger partial charge in [0.2, 0.25) is 0 Å². The molecule has 0 atom stereocenters. The molecule has 0 radical (unpaired) electrons. The minimum atomic E-state index is -5.12. The van der Waals surface area contributed by atoms with Crippen molar-refractivity contribution in [1.29, 1.82) is 0 Å². The molecule has 2 aromatic carbocycles. The van der Waals surface area contributed by atoms with Crippen LogP contribution in [-0.4, -0.2) is 58.5 Å². The standard InChI is InChI=1S/C16H21NO10P2/c18-9-1-3-11(14(20)5-9)13(12-4-2-10(19)6-15(12)21)7-17-8-16(28(22,23)24)29(25,26)27/h1-6,13,16-21H,7-8H2,(H2,22,23,24)(H2,25,26,27). The molecule has 0 aromatic heterocycles. The Labute approximate surface area is 165 Å². The van der Waals surface area contributed by atoms with Crippen molar-refractivity contribution in [3.63, 3.8) is 0 Å². The molecule has 2 aromatic rings. The smallest absolute Gasteiger partial charge is 0.342 e. The fraction of sp³-hybridized carbons (Fsp3) is 0.250. The summed E-state index contributed by atoms with van der Waals surface area (Å²) in [7, 11) is -10.2. The molecular formula is C16H21NO10P2. The van der Waals surface area contributed by atoms with E-state index in [1.54, 1.807) is 0 Å². The second kappa shape index (κ2) is 8.73. The van der Waals surface area contributed by atoms with Crippen LogP contribution in [-0.2, 0) is 9.13 Å². The lowest BCUT2D eigenvalue weighted by atomic mass is 9.89. The van der Waals surface area contributed by atoms with Crippen LogP contribution < -0.4 is 5.32 Å². The van der Waals surface area contributed by atoms with E-state index in [1.165, 1.54) is 24.3 Å². The van der Waals surface area contributed by atoms with Crippen LogP contribution in [0.2, 0.25) is 0 Å². The van der Waals surface area contributed by atoms with Crippen LogP contribution in [0.3, 0.4) is 0 Å². The van der Waals surface area contributed by atoms with E-state index in [-0.39, 0.29) is 40.7 Å². The van der Waals surface area contributed by atoms with Crippen LogP contribution in [0.5, 0.6) is 23.0 Å². The molecular weight excluding hydrogens is 428 g/mol. The van der Waals surface area contributed by atoms with Crippen LogP contribution >= 0.6 is 15.2 Å². The molecule has 2 rings (SSSR count). The maximum atomic E-state index is 11.4. The van der Waals surface area contributed by atoms with Gasteiger partial charge in [0.1, 0.15) is 23.0 Å². The van der Waals surface area contributed by atoms with E-state index in [4.69, 9.17) is 0 Å². The van der Waals surface area contributed by atoms with Crippen molar-refractivity contribution in [2.24, 2.45) is 0 Å². The second-order valence-electron chi connectivity index (χ2n) is 6.36. The summed E-state index contributed by atoms with van der Waals surface area (Å²) in [4.78, 5) is 36.8. The number of hydrogen-bond acceptors (Lipinski definition) is 7. The first kappa shape index (κ1) is 23.2. The van der Waals surface area contributed by atoms with Crippen LogP contribution in [0.1, 0.15) is 17.0 Å². The summed E-state index contributed by atoms with van der Waals surface area (Å²) >= 11 is 0. The molecule has 0 bridgehead atoms. The van der Waals surface area contributed by atoms with Gasteiger partial charge in [0.15, 0.2) is 5.40 Å². The van der Waals surface area contributed by atoms with Crippen molar-refractivity contribution in [2.45, 2.75) is 11.3 Å². The molecule has 0 spiro atoms. The average Bonchev–Trinajstić information content (AvgIpc) is 2.54. The highest BCUT2D eigenvalue weighted by Crippen LogP contribution is 2.59. The maximum Gasteiger partial charge on any atom is 0.342 e. The molecule has 0 saturated carbocycles. The molecule has 160 valence electrons. The number of benzene rings is 2. The Morgan fingerprint density at radius 3 is 1.48 bits per heavy atom. The predicted octanol–water partition coefficient (Wildman–Crippen LogP) is 0.912. The monoisotopic (exact) mass is 449 g/mol. The van der Waals surface area contributed by atoms with Crippen molar-refractivity contribution >= 4 is 15.2 Å². The number of hydrogen-bond donors (Lipinski definition) is 9. The van der Waals surface area contributed by atoms with Gasteiger partial charge in [-0.15, -0.1) is 0 Å². The van der Waals surface area contributed by atoms with Gasteiger partial charge in [0, 0.05) is 42.3 Å². The molecule has 0 saturated heterocycles. The van der Waals surface area contributed by atoms with Crippen LogP contribution in [0, 0.1) is 0 Å². The third-order valence-electron chi connectivity index (χ3n) is 4.23. The molecule has 11 nitrogen and oxygen atoms in total. The third-order valence-corrected chi connectivity index (χ3v) is 7.95. The zero-order valence-electron chi connectivity index (χ0n) is 14.8. The number of aromatic hydroxyl groups is 4. The number of phenols is 4. The summed E-state index contributed by atoms with van der Waals surface area (Å²) in [5.74, 6) is -1.99. The summed E-state index contributed by atoms with van der Waals surface area (Å²) in [5, 5.41) is 39.6. The Morgan fingerprint density at radius 1 is 0.724 bits per heavy atom. The van der Waals surface area contributed by atoms with Crippen molar-refractivity contribution in [2.75, 3.05) is 13.1 Å². The highest BCUT2D eigenvalue weighted by molar-refractivity contribution is 7.70. The van der Waals surface area contributed by atoms with Crippen LogP contribution in [0.4, 0.5) is 0 Å². The van der Waals surface area contributed by atoms with E-state index >= 15 is 0 Å². The summed E-state index contributed by atoms with van der Waals surface area (Å²) in [6.45, 7) is -0.948. The van der Waals surface area contributed by atoms with Gasteiger partial charge in [-0.25, -0.2) is 0 Å².